The minimum atomic E-state index is 1.17. The number of rotatable bonds is 1. The Morgan fingerprint density at radius 1 is 1.27 bits per heavy atom. The van der Waals surface area contributed by atoms with Crippen LogP contribution in [0.2, 0.25) is 0 Å². The van der Waals surface area contributed by atoms with Gasteiger partial charge in [0.25, 0.3) is 0 Å². The standard InChI is InChI=1S/C9H10BrN/c1-7(8(2)10)9-3-5-11-6-4-9/h3-6H,1-2H3. The van der Waals surface area contributed by atoms with Crippen LogP contribution in [0.15, 0.2) is 29.0 Å². The van der Waals surface area contributed by atoms with Crippen LogP contribution in [-0.4, -0.2) is 4.98 Å². The molecule has 0 unspecified atom stereocenters. The summed E-state index contributed by atoms with van der Waals surface area (Å²) in [6.07, 6.45) is 3.60. The summed E-state index contributed by atoms with van der Waals surface area (Å²) in [4.78, 5) is 3.95. The highest BCUT2D eigenvalue weighted by Crippen LogP contribution is 2.20. The first-order valence-corrected chi connectivity index (χ1v) is 4.24. The summed E-state index contributed by atoms with van der Waals surface area (Å²) in [5.74, 6) is 0. The van der Waals surface area contributed by atoms with Crippen molar-refractivity contribution in [3.63, 3.8) is 0 Å². The lowest BCUT2D eigenvalue weighted by atomic mass is 10.1. The first kappa shape index (κ1) is 8.47. The highest BCUT2D eigenvalue weighted by Gasteiger charge is 1.95. The van der Waals surface area contributed by atoms with Gasteiger partial charge < -0.3 is 0 Å². The fourth-order valence-electron chi connectivity index (χ4n) is 0.801. The molecule has 0 aliphatic carbocycles. The molecule has 0 fully saturated rings. The summed E-state index contributed by atoms with van der Waals surface area (Å²) in [5, 5.41) is 0. The lowest BCUT2D eigenvalue weighted by Crippen LogP contribution is -1.80. The SMILES string of the molecule is CC(Br)=C(C)c1ccncc1. The molecule has 0 N–H and O–H groups in total. The normalized spacial score (nSPS) is 12.6. The molecule has 1 aromatic heterocycles. The van der Waals surface area contributed by atoms with E-state index in [4.69, 9.17) is 0 Å². The van der Waals surface area contributed by atoms with E-state index in [-0.39, 0.29) is 0 Å². The molecule has 0 bridgehead atoms. The molecular weight excluding hydrogens is 202 g/mol. The van der Waals surface area contributed by atoms with Gasteiger partial charge in [-0.2, -0.15) is 0 Å². The summed E-state index contributed by atoms with van der Waals surface area (Å²) in [5.41, 5.74) is 2.47. The molecule has 1 heterocycles. The van der Waals surface area contributed by atoms with E-state index in [9.17, 15) is 0 Å². The van der Waals surface area contributed by atoms with Crippen LogP contribution in [-0.2, 0) is 0 Å². The van der Waals surface area contributed by atoms with Gasteiger partial charge in [0.05, 0.1) is 0 Å². The number of hydrogen-bond donors (Lipinski definition) is 0. The fraction of sp³-hybridized carbons (Fsp3) is 0.222. The second-order valence-electron chi connectivity index (χ2n) is 2.39. The van der Waals surface area contributed by atoms with Crippen LogP contribution in [0, 0.1) is 0 Å². The predicted octanol–water partition coefficient (Wildman–Crippen LogP) is 3.23. The van der Waals surface area contributed by atoms with Crippen molar-refractivity contribution in [1.29, 1.82) is 0 Å². The maximum absolute atomic E-state index is 3.95. The van der Waals surface area contributed by atoms with Crippen LogP contribution in [0.3, 0.4) is 0 Å². The molecule has 0 aliphatic rings. The minimum Gasteiger partial charge on any atom is -0.265 e. The van der Waals surface area contributed by atoms with E-state index >= 15 is 0 Å². The van der Waals surface area contributed by atoms with Gasteiger partial charge in [-0.3, -0.25) is 4.98 Å². The van der Waals surface area contributed by atoms with Crippen molar-refractivity contribution >= 4 is 21.5 Å². The zero-order valence-corrected chi connectivity index (χ0v) is 8.22. The summed E-state index contributed by atoms with van der Waals surface area (Å²) in [6.45, 7) is 4.12. The van der Waals surface area contributed by atoms with Crippen molar-refractivity contribution in [3.8, 4) is 0 Å². The summed E-state index contributed by atoms with van der Waals surface area (Å²) < 4.78 is 1.17. The minimum absolute atomic E-state index is 1.17. The van der Waals surface area contributed by atoms with Crippen LogP contribution in [0.5, 0.6) is 0 Å². The van der Waals surface area contributed by atoms with Gasteiger partial charge in [0, 0.05) is 12.4 Å². The maximum Gasteiger partial charge on any atom is 0.0273 e. The molecule has 0 aliphatic heterocycles. The van der Waals surface area contributed by atoms with Gasteiger partial charge in [0.15, 0.2) is 0 Å². The number of allylic oxidation sites excluding steroid dienone is 2. The average molecular weight is 212 g/mol. The Hall–Kier alpha value is -0.630. The van der Waals surface area contributed by atoms with Crippen LogP contribution in [0.1, 0.15) is 19.4 Å². The average Bonchev–Trinajstić information content (AvgIpc) is 2.05. The molecule has 1 nitrogen and oxygen atoms in total. The molecule has 0 amide bonds. The smallest absolute Gasteiger partial charge is 0.0273 e. The summed E-state index contributed by atoms with van der Waals surface area (Å²) >= 11 is 3.44. The Labute approximate surface area is 75.3 Å². The molecule has 0 radical (unpaired) electrons. The van der Waals surface area contributed by atoms with Crippen molar-refractivity contribution in [2.45, 2.75) is 13.8 Å². The van der Waals surface area contributed by atoms with E-state index in [2.05, 4.69) is 27.8 Å². The maximum atomic E-state index is 3.95. The van der Waals surface area contributed by atoms with Gasteiger partial charge in [0.2, 0.25) is 0 Å². The van der Waals surface area contributed by atoms with Crippen molar-refractivity contribution in [2.24, 2.45) is 0 Å². The topological polar surface area (TPSA) is 12.9 Å². The highest BCUT2D eigenvalue weighted by atomic mass is 79.9. The number of pyridine rings is 1. The molecular formula is C9H10BrN. The van der Waals surface area contributed by atoms with Crippen molar-refractivity contribution in [3.05, 3.63) is 34.6 Å². The van der Waals surface area contributed by atoms with E-state index in [1.807, 2.05) is 19.1 Å². The van der Waals surface area contributed by atoms with Gasteiger partial charge in [-0.05, 0) is 41.6 Å². The van der Waals surface area contributed by atoms with Gasteiger partial charge in [0.1, 0.15) is 0 Å². The zero-order valence-electron chi connectivity index (χ0n) is 6.63. The van der Waals surface area contributed by atoms with E-state index in [1.165, 1.54) is 15.6 Å². The first-order chi connectivity index (χ1) is 5.22. The molecule has 0 saturated heterocycles. The van der Waals surface area contributed by atoms with E-state index < -0.39 is 0 Å². The second-order valence-corrected chi connectivity index (χ2v) is 3.58. The molecule has 58 valence electrons. The number of hydrogen-bond acceptors (Lipinski definition) is 1. The molecule has 0 saturated carbocycles. The fourth-order valence-corrected chi connectivity index (χ4v) is 1.03. The molecule has 11 heavy (non-hydrogen) atoms. The van der Waals surface area contributed by atoms with Crippen LogP contribution >= 0.6 is 15.9 Å². The Morgan fingerprint density at radius 2 is 1.82 bits per heavy atom. The van der Waals surface area contributed by atoms with Crippen LogP contribution in [0.4, 0.5) is 0 Å². The second kappa shape index (κ2) is 3.67. The number of aromatic nitrogens is 1. The van der Waals surface area contributed by atoms with Crippen molar-refractivity contribution < 1.29 is 0 Å². The largest absolute Gasteiger partial charge is 0.265 e. The molecule has 2 heteroatoms. The van der Waals surface area contributed by atoms with Gasteiger partial charge in [-0.25, -0.2) is 0 Å². The van der Waals surface area contributed by atoms with Crippen LogP contribution < -0.4 is 0 Å². The number of nitrogens with zero attached hydrogens (tertiary/aromatic N) is 1. The van der Waals surface area contributed by atoms with Crippen molar-refractivity contribution in [2.75, 3.05) is 0 Å². The quantitative estimate of drug-likeness (QED) is 0.696. The third-order valence-corrected chi connectivity index (χ3v) is 2.22. The summed E-state index contributed by atoms with van der Waals surface area (Å²) in [7, 11) is 0. The van der Waals surface area contributed by atoms with Gasteiger partial charge in [-0.1, -0.05) is 15.9 Å². The van der Waals surface area contributed by atoms with E-state index in [0.717, 1.165) is 0 Å². The molecule has 1 rings (SSSR count). The monoisotopic (exact) mass is 211 g/mol. The van der Waals surface area contributed by atoms with Crippen molar-refractivity contribution in [1.82, 2.24) is 4.98 Å². The predicted molar refractivity (Wildman–Crippen MR) is 51.4 cm³/mol. The Morgan fingerprint density at radius 3 is 2.27 bits per heavy atom. The summed E-state index contributed by atoms with van der Waals surface area (Å²) in [6, 6.07) is 4.00. The van der Waals surface area contributed by atoms with E-state index in [0.29, 0.717) is 0 Å². The lowest BCUT2D eigenvalue weighted by molar-refractivity contribution is 1.31. The lowest BCUT2D eigenvalue weighted by Gasteiger charge is -2.00. The Balaban J connectivity index is 3.04. The van der Waals surface area contributed by atoms with Gasteiger partial charge in [-0.15, -0.1) is 0 Å². The third-order valence-electron chi connectivity index (χ3n) is 1.63. The first-order valence-electron chi connectivity index (χ1n) is 3.45. The molecule has 1 aromatic rings. The molecule has 0 atom stereocenters. The Bertz CT molecular complexity index is 260. The zero-order chi connectivity index (χ0) is 8.27. The highest BCUT2D eigenvalue weighted by molar-refractivity contribution is 9.11. The van der Waals surface area contributed by atoms with E-state index in [1.54, 1.807) is 12.4 Å². The van der Waals surface area contributed by atoms with Gasteiger partial charge >= 0.3 is 0 Å². The molecule has 0 aromatic carbocycles. The third kappa shape index (κ3) is 2.15. The number of halogens is 1. The Kier molecular flexibility index (Phi) is 2.83. The van der Waals surface area contributed by atoms with Crippen LogP contribution in [0.25, 0.3) is 5.57 Å². The molecule has 0 spiro atoms.